The van der Waals surface area contributed by atoms with Crippen molar-refractivity contribution >= 4 is 23.4 Å². The van der Waals surface area contributed by atoms with Crippen molar-refractivity contribution in [2.24, 2.45) is 0 Å². The molecule has 128 valence electrons. The van der Waals surface area contributed by atoms with Crippen molar-refractivity contribution in [1.29, 1.82) is 0 Å². The Labute approximate surface area is 146 Å². The monoisotopic (exact) mass is 345 g/mol. The lowest BCUT2D eigenvalue weighted by Gasteiger charge is -2.12. The molecule has 1 aliphatic carbocycles. The molecule has 3 N–H and O–H groups in total. The number of aromatic nitrogens is 3. The number of benzene rings is 1. The summed E-state index contributed by atoms with van der Waals surface area (Å²) >= 11 is 1.32. The van der Waals surface area contributed by atoms with Crippen LogP contribution < -0.4 is 11.2 Å². The van der Waals surface area contributed by atoms with Crippen LogP contribution in [-0.2, 0) is 4.79 Å². The van der Waals surface area contributed by atoms with E-state index in [9.17, 15) is 4.79 Å². The molecule has 1 fully saturated rings. The van der Waals surface area contributed by atoms with Gasteiger partial charge in [-0.05, 0) is 43.4 Å². The fourth-order valence-electron chi connectivity index (χ4n) is 2.40. The first-order valence-corrected chi connectivity index (χ1v) is 9.11. The number of nitrogen functional groups attached to an aromatic ring is 1. The number of nitrogens with one attached hydrogen (secondary N) is 1. The maximum absolute atomic E-state index is 12.4. The van der Waals surface area contributed by atoms with Crippen molar-refractivity contribution in [2.75, 3.05) is 11.2 Å². The summed E-state index contributed by atoms with van der Waals surface area (Å²) in [5.41, 5.74) is 2.05. The summed E-state index contributed by atoms with van der Waals surface area (Å²) in [4.78, 5) is 12.4. The molecule has 0 spiro atoms. The van der Waals surface area contributed by atoms with Gasteiger partial charge in [-0.3, -0.25) is 4.79 Å². The molecule has 7 heteroatoms. The predicted octanol–water partition coefficient (Wildman–Crippen LogP) is 3.11. The van der Waals surface area contributed by atoms with Crippen molar-refractivity contribution < 1.29 is 4.79 Å². The minimum absolute atomic E-state index is 0.0757. The summed E-state index contributed by atoms with van der Waals surface area (Å²) < 4.78 is 1.52. The van der Waals surface area contributed by atoms with E-state index in [1.807, 2.05) is 31.2 Å². The minimum atomic E-state index is -0.312. The summed E-state index contributed by atoms with van der Waals surface area (Å²) in [5.74, 6) is 7.67. The van der Waals surface area contributed by atoms with Gasteiger partial charge in [-0.25, -0.2) is 4.68 Å². The normalized spacial score (nSPS) is 15.5. The standard InChI is InChI=1S/C17H23N5OS/c1-10(2)12-6-8-14(9-7-12)19-16(23)11(3)24-17-21-20-15(22(17)18)13-4-5-13/h6-11,13H,4-5,18H2,1-3H3,(H,19,23)/t11-/m0/s1. The number of carbonyl (C=O) groups excluding carboxylic acids is 1. The van der Waals surface area contributed by atoms with Gasteiger partial charge in [0.25, 0.3) is 0 Å². The lowest BCUT2D eigenvalue weighted by molar-refractivity contribution is -0.115. The van der Waals surface area contributed by atoms with Crippen LogP contribution in [0.4, 0.5) is 5.69 Å². The number of hydrogen-bond donors (Lipinski definition) is 2. The molecule has 1 amide bonds. The topological polar surface area (TPSA) is 85.8 Å². The molecule has 1 saturated carbocycles. The third-order valence-electron chi connectivity index (χ3n) is 4.13. The van der Waals surface area contributed by atoms with Gasteiger partial charge >= 0.3 is 0 Å². The number of nitrogens with two attached hydrogens (primary N) is 1. The van der Waals surface area contributed by atoms with E-state index in [0.29, 0.717) is 17.0 Å². The zero-order chi connectivity index (χ0) is 17.3. The van der Waals surface area contributed by atoms with Gasteiger partial charge in [-0.2, -0.15) is 0 Å². The van der Waals surface area contributed by atoms with E-state index in [2.05, 4.69) is 29.4 Å². The van der Waals surface area contributed by atoms with E-state index in [-0.39, 0.29) is 11.2 Å². The predicted molar refractivity (Wildman–Crippen MR) is 96.6 cm³/mol. The van der Waals surface area contributed by atoms with Gasteiger partial charge in [0.1, 0.15) is 0 Å². The Bertz CT molecular complexity index is 721. The Balaban J connectivity index is 1.60. The summed E-state index contributed by atoms with van der Waals surface area (Å²) in [5, 5.41) is 11.4. The Morgan fingerprint density at radius 2 is 1.92 bits per heavy atom. The molecule has 2 aromatic rings. The Morgan fingerprint density at radius 3 is 2.50 bits per heavy atom. The second-order valence-corrected chi connectivity index (χ2v) is 7.82. The van der Waals surface area contributed by atoms with Crippen molar-refractivity contribution in [1.82, 2.24) is 14.9 Å². The average molecular weight is 345 g/mol. The molecule has 0 saturated heterocycles. The quantitative estimate of drug-likeness (QED) is 0.620. The Morgan fingerprint density at radius 1 is 1.25 bits per heavy atom. The number of thioether (sulfide) groups is 1. The highest BCUT2D eigenvalue weighted by atomic mass is 32.2. The molecular weight excluding hydrogens is 322 g/mol. The molecule has 3 rings (SSSR count). The van der Waals surface area contributed by atoms with Crippen LogP contribution in [-0.4, -0.2) is 26.0 Å². The van der Waals surface area contributed by atoms with E-state index in [1.54, 1.807) is 0 Å². The number of nitrogens with zero attached hydrogens (tertiary/aromatic N) is 3. The summed E-state index contributed by atoms with van der Waals surface area (Å²) in [6.07, 6.45) is 2.23. The van der Waals surface area contributed by atoms with Gasteiger partial charge in [-0.15, -0.1) is 10.2 Å². The van der Waals surface area contributed by atoms with Crippen LogP contribution in [0.25, 0.3) is 0 Å². The number of amides is 1. The highest BCUT2D eigenvalue weighted by molar-refractivity contribution is 8.00. The van der Waals surface area contributed by atoms with Crippen LogP contribution in [0.1, 0.15) is 56.8 Å². The van der Waals surface area contributed by atoms with Crippen molar-refractivity contribution in [3.8, 4) is 0 Å². The van der Waals surface area contributed by atoms with Crippen LogP contribution in [0, 0.1) is 0 Å². The number of carbonyl (C=O) groups is 1. The molecule has 24 heavy (non-hydrogen) atoms. The van der Waals surface area contributed by atoms with Crippen molar-refractivity contribution in [3.05, 3.63) is 35.7 Å². The van der Waals surface area contributed by atoms with Crippen molar-refractivity contribution in [2.45, 2.75) is 55.9 Å². The summed E-state index contributed by atoms with van der Waals surface area (Å²) in [6, 6.07) is 7.94. The van der Waals surface area contributed by atoms with Gasteiger partial charge in [0.15, 0.2) is 5.82 Å². The van der Waals surface area contributed by atoms with E-state index in [1.165, 1.54) is 22.0 Å². The van der Waals surface area contributed by atoms with Gasteiger partial charge in [0.05, 0.1) is 5.25 Å². The molecule has 1 aliphatic rings. The second-order valence-electron chi connectivity index (χ2n) is 6.51. The highest BCUT2D eigenvalue weighted by Gasteiger charge is 2.30. The maximum atomic E-state index is 12.4. The van der Waals surface area contributed by atoms with Crippen LogP contribution in [0.5, 0.6) is 0 Å². The number of hydrogen-bond acceptors (Lipinski definition) is 5. The Kier molecular flexibility index (Phi) is 4.80. The van der Waals surface area contributed by atoms with E-state index < -0.39 is 0 Å². The zero-order valence-corrected chi connectivity index (χ0v) is 15.0. The molecule has 0 radical (unpaired) electrons. The van der Waals surface area contributed by atoms with Crippen molar-refractivity contribution in [3.63, 3.8) is 0 Å². The van der Waals surface area contributed by atoms with E-state index in [4.69, 9.17) is 5.84 Å². The smallest absolute Gasteiger partial charge is 0.237 e. The SMILES string of the molecule is CC(C)c1ccc(NC(=O)[C@H](C)Sc2nnc(C3CC3)n2N)cc1. The lowest BCUT2D eigenvalue weighted by atomic mass is 10.0. The average Bonchev–Trinajstić information content (AvgIpc) is 3.33. The van der Waals surface area contributed by atoms with E-state index >= 15 is 0 Å². The molecule has 0 bridgehead atoms. The van der Waals surface area contributed by atoms with Crippen LogP contribution in [0.2, 0.25) is 0 Å². The van der Waals surface area contributed by atoms with Crippen LogP contribution >= 0.6 is 11.8 Å². The minimum Gasteiger partial charge on any atom is -0.336 e. The second kappa shape index (κ2) is 6.84. The molecule has 1 aromatic heterocycles. The summed E-state index contributed by atoms with van der Waals surface area (Å²) in [7, 11) is 0. The molecule has 6 nitrogen and oxygen atoms in total. The maximum Gasteiger partial charge on any atom is 0.237 e. The molecule has 1 atom stereocenters. The van der Waals surface area contributed by atoms with E-state index in [0.717, 1.165) is 24.4 Å². The molecule has 1 aromatic carbocycles. The molecular formula is C17H23N5OS. The zero-order valence-electron chi connectivity index (χ0n) is 14.2. The first kappa shape index (κ1) is 16.8. The molecule has 0 aliphatic heterocycles. The fourth-order valence-corrected chi connectivity index (χ4v) is 3.17. The largest absolute Gasteiger partial charge is 0.336 e. The number of anilines is 1. The molecule has 0 unspecified atom stereocenters. The van der Waals surface area contributed by atoms with Gasteiger partial charge in [0.2, 0.25) is 11.1 Å². The lowest BCUT2D eigenvalue weighted by Crippen LogP contribution is -2.23. The van der Waals surface area contributed by atoms with Gasteiger partial charge in [-0.1, -0.05) is 37.7 Å². The van der Waals surface area contributed by atoms with Crippen LogP contribution in [0.3, 0.4) is 0 Å². The van der Waals surface area contributed by atoms with Gasteiger partial charge in [0, 0.05) is 11.6 Å². The molecule has 1 heterocycles. The Hall–Kier alpha value is -2.02. The first-order chi connectivity index (χ1) is 11.5. The van der Waals surface area contributed by atoms with Crippen LogP contribution in [0.15, 0.2) is 29.4 Å². The fraction of sp³-hybridized carbons (Fsp3) is 0.471. The van der Waals surface area contributed by atoms with Gasteiger partial charge < -0.3 is 11.2 Å². The number of rotatable bonds is 6. The third kappa shape index (κ3) is 3.72. The third-order valence-corrected chi connectivity index (χ3v) is 5.19. The first-order valence-electron chi connectivity index (χ1n) is 8.23. The highest BCUT2D eigenvalue weighted by Crippen LogP contribution is 2.39. The summed E-state index contributed by atoms with van der Waals surface area (Å²) in [6.45, 7) is 6.13.